The van der Waals surface area contributed by atoms with E-state index in [1.807, 2.05) is 0 Å². The van der Waals surface area contributed by atoms with Gasteiger partial charge in [-0.1, -0.05) is 18.2 Å². The molecule has 0 radical (unpaired) electrons. The Bertz CT molecular complexity index is 1230. The molecule has 3 aromatic rings. The van der Waals surface area contributed by atoms with Gasteiger partial charge in [-0.2, -0.15) is 0 Å². The van der Waals surface area contributed by atoms with Gasteiger partial charge in [0.2, 0.25) is 11.7 Å². The molecule has 0 fully saturated rings. The monoisotopic (exact) mass is 432 g/mol. The van der Waals surface area contributed by atoms with Gasteiger partial charge in [0.1, 0.15) is 5.75 Å². The van der Waals surface area contributed by atoms with E-state index in [-0.39, 0.29) is 17.2 Å². The van der Waals surface area contributed by atoms with Gasteiger partial charge < -0.3 is 19.6 Å². The van der Waals surface area contributed by atoms with Crippen LogP contribution in [0.25, 0.3) is 0 Å². The lowest BCUT2D eigenvalue weighted by molar-refractivity contribution is -0.117. The van der Waals surface area contributed by atoms with Crippen molar-refractivity contribution in [2.75, 3.05) is 17.3 Å². The van der Waals surface area contributed by atoms with Gasteiger partial charge >= 0.3 is 0 Å². The zero-order chi connectivity index (χ0) is 22.8. The highest BCUT2D eigenvalue weighted by atomic mass is 16.5. The Kier molecular flexibility index (Phi) is 5.51. The molecule has 2 aromatic carbocycles. The molecule has 0 bridgehead atoms. The summed E-state index contributed by atoms with van der Waals surface area (Å²) in [4.78, 5) is 39.2. The molecule has 32 heavy (non-hydrogen) atoms. The number of ether oxygens (including phenoxy) is 1. The van der Waals surface area contributed by atoms with E-state index in [1.165, 1.54) is 31.3 Å². The zero-order valence-electron chi connectivity index (χ0n) is 17.4. The summed E-state index contributed by atoms with van der Waals surface area (Å²) < 4.78 is 10.5. The number of aliphatic hydroxyl groups is 1. The largest absolute Gasteiger partial charge is 0.503 e. The second kappa shape index (κ2) is 8.43. The lowest BCUT2D eigenvalue weighted by Crippen LogP contribution is -2.31. The molecule has 1 aromatic heterocycles. The number of Topliss-reactive ketones (excluding diaryl/α,β-unsaturated/α-hetero) is 1. The van der Waals surface area contributed by atoms with Gasteiger partial charge in [-0.3, -0.25) is 19.3 Å². The van der Waals surface area contributed by atoms with Crippen molar-refractivity contribution in [1.82, 2.24) is 0 Å². The highest BCUT2D eigenvalue weighted by Crippen LogP contribution is 2.43. The molecule has 1 aliphatic rings. The molecule has 0 saturated heterocycles. The summed E-state index contributed by atoms with van der Waals surface area (Å²) in [6.07, 6.45) is 1.34. The van der Waals surface area contributed by atoms with E-state index in [9.17, 15) is 19.5 Å². The molecule has 8 heteroatoms. The Morgan fingerprint density at radius 1 is 1.09 bits per heavy atom. The number of aliphatic hydroxyl groups excluding tert-OH is 1. The molecule has 162 valence electrons. The van der Waals surface area contributed by atoms with Crippen LogP contribution in [0.2, 0.25) is 0 Å². The number of furan rings is 1. The number of amides is 2. The number of rotatable bonds is 6. The Labute approximate surface area is 183 Å². The topological polar surface area (TPSA) is 109 Å². The minimum absolute atomic E-state index is 0.00101. The predicted molar refractivity (Wildman–Crippen MR) is 117 cm³/mol. The zero-order valence-corrected chi connectivity index (χ0v) is 17.4. The number of carbonyl (C=O) groups is 3. The molecule has 1 aliphatic heterocycles. The first-order chi connectivity index (χ1) is 15.4. The normalized spacial score (nSPS) is 15.8. The van der Waals surface area contributed by atoms with Crippen LogP contribution in [0, 0.1) is 0 Å². The van der Waals surface area contributed by atoms with E-state index < -0.39 is 23.5 Å². The summed E-state index contributed by atoms with van der Waals surface area (Å²) in [5, 5.41) is 13.4. The maximum Gasteiger partial charge on any atom is 0.294 e. The summed E-state index contributed by atoms with van der Waals surface area (Å²) in [7, 11) is 1.51. The maximum absolute atomic E-state index is 13.2. The Morgan fingerprint density at radius 2 is 1.88 bits per heavy atom. The highest BCUT2D eigenvalue weighted by molar-refractivity contribution is 6.20. The predicted octanol–water partition coefficient (Wildman–Crippen LogP) is 4.03. The second-order valence-electron chi connectivity index (χ2n) is 7.15. The van der Waals surface area contributed by atoms with E-state index in [0.717, 1.165) is 0 Å². The fraction of sp³-hybridized carbons (Fsp3) is 0.125. The fourth-order valence-electron chi connectivity index (χ4n) is 3.71. The van der Waals surface area contributed by atoms with E-state index >= 15 is 0 Å². The molecular weight excluding hydrogens is 412 g/mol. The summed E-state index contributed by atoms with van der Waals surface area (Å²) >= 11 is 0. The number of hydrogen-bond acceptors (Lipinski definition) is 6. The number of nitrogens with one attached hydrogen (secondary N) is 1. The van der Waals surface area contributed by atoms with Crippen LogP contribution >= 0.6 is 0 Å². The minimum atomic E-state index is -0.942. The lowest BCUT2D eigenvalue weighted by atomic mass is 9.94. The number of nitrogens with zero attached hydrogens (tertiary/aromatic N) is 1. The quantitative estimate of drug-likeness (QED) is 0.569. The fourth-order valence-corrected chi connectivity index (χ4v) is 3.71. The average molecular weight is 432 g/mol. The van der Waals surface area contributed by atoms with Crippen molar-refractivity contribution >= 4 is 29.0 Å². The smallest absolute Gasteiger partial charge is 0.294 e. The molecule has 2 amide bonds. The van der Waals surface area contributed by atoms with Crippen LogP contribution in [0.3, 0.4) is 0 Å². The molecular formula is C24H20N2O6. The molecule has 0 spiro atoms. The molecule has 0 aliphatic carbocycles. The number of benzene rings is 2. The number of methoxy groups -OCH3 is 1. The van der Waals surface area contributed by atoms with Crippen LogP contribution in [0.5, 0.6) is 5.75 Å². The first kappa shape index (κ1) is 20.9. The van der Waals surface area contributed by atoms with E-state index in [4.69, 9.17) is 9.15 Å². The van der Waals surface area contributed by atoms with Crippen molar-refractivity contribution in [1.29, 1.82) is 0 Å². The van der Waals surface area contributed by atoms with Crippen molar-refractivity contribution in [3.63, 3.8) is 0 Å². The van der Waals surface area contributed by atoms with Gasteiger partial charge in [0.15, 0.2) is 11.5 Å². The lowest BCUT2D eigenvalue weighted by Gasteiger charge is -2.27. The van der Waals surface area contributed by atoms with Crippen LogP contribution in [0.15, 0.2) is 82.7 Å². The number of ketones is 1. The first-order valence-electron chi connectivity index (χ1n) is 9.77. The van der Waals surface area contributed by atoms with Gasteiger partial charge in [0.05, 0.1) is 25.0 Å². The third-order valence-corrected chi connectivity index (χ3v) is 5.05. The summed E-state index contributed by atoms with van der Waals surface area (Å²) in [6.45, 7) is 1.38. The SMILES string of the molecule is COc1cccc(C2C(C(=O)c3ccco3)=C(O)C(=O)N2c2cccc(NC(C)=O)c2)c1. The Hall–Kier alpha value is -4.33. The van der Waals surface area contributed by atoms with Gasteiger partial charge in [-0.05, 0) is 48.0 Å². The summed E-state index contributed by atoms with van der Waals surface area (Å²) in [5.74, 6) is -1.75. The summed E-state index contributed by atoms with van der Waals surface area (Å²) in [6, 6.07) is 15.6. The van der Waals surface area contributed by atoms with Gasteiger partial charge in [0.25, 0.3) is 5.91 Å². The minimum Gasteiger partial charge on any atom is -0.503 e. The number of hydrogen-bond donors (Lipinski definition) is 2. The van der Waals surface area contributed by atoms with Crippen molar-refractivity contribution in [3.8, 4) is 5.75 Å². The molecule has 2 heterocycles. The van der Waals surface area contributed by atoms with Crippen molar-refractivity contribution in [3.05, 3.63) is 89.6 Å². The van der Waals surface area contributed by atoms with Crippen LogP contribution in [0.1, 0.15) is 29.1 Å². The molecule has 1 atom stereocenters. The standard InChI is InChI=1S/C24H20N2O6/c1-14(27)25-16-7-4-8-17(13-16)26-21(15-6-3-9-18(12-15)31-2)20(23(29)24(26)30)22(28)19-10-5-11-32-19/h3-13,21,29H,1-2H3,(H,25,27). The molecule has 0 saturated carbocycles. The summed E-state index contributed by atoms with van der Waals surface area (Å²) in [5.41, 5.74) is 1.31. The van der Waals surface area contributed by atoms with Gasteiger partial charge in [-0.25, -0.2) is 0 Å². The van der Waals surface area contributed by atoms with Crippen LogP contribution in [0.4, 0.5) is 11.4 Å². The first-order valence-corrected chi connectivity index (χ1v) is 9.77. The van der Waals surface area contributed by atoms with Gasteiger partial charge in [-0.15, -0.1) is 0 Å². The Balaban J connectivity index is 1.87. The maximum atomic E-state index is 13.2. The molecule has 4 rings (SSSR count). The molecule has 8 nitrogen and oxygen atoms in total. The van der Waals surface area contributed by atoms with Crippen LogP contribution in [-0.2, 0) is 9.59 Å². The Morgan fingerprint density at radius 3 is 2.56 bits per heavy atom. The van der Waals surface area contributed by atoms with Crippen molar-refractivity contribution < 1.29 is 28.6 Å². The van der Waals surface area contributed by atoms with Crippen molar-refractivity contribution in [2.45, 2.75) is 13.0 Å². The van der Waals surface area contributed by atoms with Crippen molar-refractivity contribution in [2.24, 2.45) is 0 Å². The van der Waals surface area contributed by atoms with Gasteiger partial charge in [0, 0.05) is 18.3 Å². The molecule has 2 N–H and O–H groups in total. The highest BCUT2D eigenvalue weighted by Gasteiger charge is 2.45. The van der Waals surface area contributed by atoms with Crippen LogP contribution < -0.4 is 15.0 Å². The number of anilines is 2. The third-order valence-electron chi connectivity index (χ3n) is 5.05. The molecule has 1 unspecified atom stereocenters. The van der Waals surface area contributed by atoms with E-state index in [2.05, 4.69) is 5.32 Å². The van der Waals surface area contributed by atoms with Crippen LogP contribution in [-0.4, -0.2) is 29.8 Å². The second-order valence-corrected chi connectivity index (χ2v) is 7.15. The average Bonchev–Trinajstić information content (AvgIpc) is 3.41. The van der Waals surface area contributed by atoms with E-state index in [0.29, 0.717) is 22.7 Å². The number of carbonyl (C=O) groups excluding carboxylic acids is 3. The third kappa shape index (κ3) is 3.74. The van der Waals surface area contributed by atoms with E-state index in [1.54, 1.807) is 54.6 Å².